The molecule has 6 heteroatoms. The molecule has 1 amide bonds. The molecule has 0 saturated heterocycles. The van der Waals surface area contributed by atoms with E-state index in [1.54, 1.807) is 24.3 Å². The third-order valence-electron chi connectivity index (χ3n) is 3.22. The Bertz CT molecular complexity index is 694. The minimum Gasteiger partial charge on any atom is -0.392 e. The number of nitrogens with one attached hydrogen (secondary N) is 2. The van der Waals surface area contributed by atoms with Crippen LogP contribution in [-0.2, 0) is 11.4 Å². The summed E-state index contributed by atoms with van der Waals surface area (Å²) in [4.78, 5) is 12.0. The number of carbonyl (C=O) groups excluding carboxylic acids is 1. The predicted molar refractivity (Wildman–Crippen MR) is 90.1 cm³/mol. The maximum Gasteiger partial charge on any atom is 0.226 e. The van der Waals surface area contributed by atoms with Gasteiger partial charge in [0.05, 0.1) is 17.3 Å². The van der Waals surface area contributed by atoms with Gasteiger partial charge in [-0.25, -0.2) is 4.39 Å². The van der Waals surface area contributed by atoms with Crippen molar-refractivity contribution >= 4 is 28.9 Å². The van der Waals surface area contributed by atoms with Gasteiger partial charge in [-0.3, -0.25) is 4.79 Å². The molecule has 2 rings (SSSR count). The molecule has 0 radical (unpaired) electrons. The molecule has 0 aliphatic carbocycles. The second-order valence-corrected chi connectivity index (χ2v) is 5.69. The Balaban J connectivity index is 1.94. The van der Waals surface area contributed by atoms with E-state index in [0.29, 0.717) is 16.4 Å². The van der Waals surface area contributed by atoms with Crippen LogP contribution in [0.25, 0.3) is 0 Å². The van der Waals surface area contributed by atoms with Crippen LogP contribution in [0.4, 0.5) is 15.8 Å². The van der Waals surface area contributed by atoms with Gasteiger partial charge in [-0.1, -0.05) is 23.7 Å². The molecule has 0 aliphatic heterocycles. The van der Waals surface area contributed by atoms with Crippen LogP contribution >= 0.6 is 11.6 Å². The molecule has 0 heterocycles. The number of aliphatic hydroxyl groups excluding tert-OH is 1. The summed E-state index contributed by atoms with van der Waals surface area (Å²) < 4.78 is 13.1. The average Bonchev–Trinajstić information content (AvgIpc) is 2.49. The van der Waals surface area contributed by atoms with Crippen molar-refractivity contribution in [3.8, 4) is 0 Å². The van der Waals surface area contributed by atoms with Gasteiger partial charge in [-0.15, -0.1) is 0 Å². The van der Waals surface area contributed by atoms with Crippen LogP contribution in [0, 0.1) is 5.82 Å². The van der Waals surface area contributed by atoms with E-state index in [1.807, 2.05) is 6.92 Å². The summed E-state index contributed by atoms with van der Waals surface area (Å²) in [5, 5.41) is 15.4. The zero-order valence-electron chi connectivity index (χ0n) is 12.6. The van der Waals surface area contributed by atoms with Gasteiger partial charge in [0.2, 0.25) is 5.91 Å². The number of carbonyl (C=O) groups is 1. The molecule has 4 nitrogen and oxygen atoms in total. The lowest BCUT2D eigenvalue weighted by Gasteiger charge is -2.17. The Hall–Kier alpha value is -2.11. The number of aliphatic hydroxyl groups is 1. The van der Waals surface area contributed by atoms with Crippen molar-refractivity contribution in [1.29, 1.82) is 0 Å². The second-order valence-electron chi connectivity index (χ2n) is 5.28. The fourth-order valence-corrected chi connectivity index (χ4v) is 2.33. The molecule has 0 spiro atoms. The minimum atomic E-state index is -0.401. The van der Waals surface area contributed by atoms with Crippen molar-refractivity contribution in [3.05, 3.63) is 58.9 Å². The number of anilines is 2. The van der Waals surface area contributed by atoms with E-state index < -0.39 is 5.82 Å². The monoisotopic (exact) mass is 336 g/mol. The SMILES string of the molecule is CC(CC(=O)Nc1cccc(F)c1)Nc1cc(CO)ccc1Cl. The molecule has 1 atom stereocenters. The van der Waals surface area contributed by atoms with E-state index in [-0.39, 0.29) is 25.0 Å². The first-order valence-electron chi connectivity index (χ1n) is 7.19. The molecule has 0 aromatic heterocycles. The quantitative estimate of drug-likeness (QED) is 0.752. The Morgan fingerprint density at radius 1 is 1.30 bits per heavy atom. The summed E-state index contributed by atoms with van der Waals surface area (Å²) in [6, 6.07) is 10.7. The van der Waals surface area contributed by atoms with E-state index in [2.05, 4.69) is 10.6 Å². The highest BCUT2D eigenvalue weighted by Crippen LogP contribution is 2.24. The molecule has 3 N–H and O–H groups in total. The van der Waals surface area contributed by atoms with Crippen molar-refractivity contribution in [3.63, 3.8) is 0 Å². The van der Waals surface area contributed by atoms with Gasteiger partial charge in [-0.2, -0.15) is 0 Å². The molecule has 1 unspecified atom stereocenters. The molecule has 2 aromatic carbocycles. The zero-order valence-corrected chi connectivity index (χ0v) is 13.4. The van der Waals surface area contributed by atoms with Crippen molar-refractivity contribution in [1.82, 2.24) is 0 Å². The van der Waals surface area contributed by atoms with Crippen LogP contribution in [0.3, 0.4) is 0 Å². The number of hydrogen-bond donors (Lipinski definition) is 3. The van der Waals surface area contributed by atoms with Crippen molar-refractivity contribution in [2.24, 2.45) is 0 Å². The first kappa shape index (κ1) is 17.2. The van der Waals surface area contributed by atoms with Crippen LogP contribution < -0.4 is 10.6 Å². The van der Waals surface area contributed by atoms with E-state index >= 15 is 0 Å². The van der Waals surface area contributed by atoms with E-state index in [0.717, 1.165) is 5.56 Å². The molecule has 2 aromatic rings. The third kappa shape index (κ3) is 5.23. The molecule has 0 aliphatic rings. The summed E-state index contributed by atoms with van der Waals surface area (Å²) in [5.41, 5.74) is 1.81. The fourth-order valence-electron chi connectivity index (χ4n) is 2.15. The summed E-state index contributed by atoms with van der Waals surface area (Å²) in [6.45, 7) is 1.76. The first-order valence-corrected chi connectivity index (χ1v) is 7.57. The smallest absolute Gasteiger partial charge is 0.226 e. The predicted octanol–water partition coefficient (Wildman–Crippen LogP) is 3.80. The number of rotatable bonds is 6. The minimum absolute atomic E-state index is 0.0830. The number of amides is 1. The fraction of sp³-hybridized carbons (Fsp3) is 0.235. The van der Waals surface area contributed by atoms with Gasteiger partial charge in [0, 0.05) is 18.2 Å². The highest BCUT2D eigenvalue weighted by molar-refractivity contribution is 6.33. The van der Waals surface area contributed by atoms with Crippen LogP contribution in [0.15, 0.2) is 42.5 Å². The van der Waals surface area contributed by atoms with Crippen molar-refractivity contribution in [2.75, 3.05) is 10.6 Å². The molecule has 23 heavy (non-hydrogen) atoms. The topological polar surface area (TPSA) is 61.4 Å². The maximum absolute atomic E-state index is 13.1. The van der Waals surface area contributed by atoms with Crippen LogP contribution in [0.5, 0.6) is 0 Å². The molecule has 122 valence electrons. The lowest BCUT2D eigenvalue weighted by molar-refractivity contribution is -0.116. The lowest BCUT2D eigenvalue weighted by atomic mass is 10.1. The number of halogens is 2. The number of benzene rings is 2. The standard InChI is InChI=1S/C17H18ClFN2O2/c1-11(20-16-8-12(10-22)5-6-15(16)18)7-17(23)21-14-4-2-3-13(19)9-14/h2-6,8-9,11,20,22H,7,10H2,1H3,(H,21,23). The Morgan fingerprint density at radius 3 is 2.78 bits per heavy atom. The third-order valence-corrected chi connectivity index (χ3v) is 3.54. The summed E-state index contributed by atoms with van der Waals surface area (Å²) in [7, 11) is 0. The summed E-state index contributed by atoms with van der Waals surface area (Å²) in [5.74, 6) is -0.633. The van der Waals surface area contributed by atoms with E-state index in [1.165, 1.54) is 18.2 Å². The zero-order chi connectivity index (χ0) is 16.8. The highest BCUT2D eigenvalue weighted by atomic mass is 35.5. The Morgan fingerprint density at radius 2 is 2.09 bits per heavy atom. The average molecular weight is 337 g/mol. The first-order chi connectivity index (χ1) is 11.0. The van der Waals surface area contributed by atoms with Crippen LogP contribution in [-0.4, -0.2) is 17.1 Å². The van der Waals surface area contributed by atoms with E-state index in [9.17, 15) is 9.18 Å². The molecule has 0 fully saturated rings. The van der Waals surface area contributed by atoms with Gasteiger partial charge in [-0.05, 0) is 42.8 Å². The normalized spacial score (nSPS) is 11.8. The summed E-state index contributed by atoms with van der Waals surface area (Å²) in [6.07, 6.45) is 0.191. The van der Waals surface area contributed by atoms with E-state index in [4.69, 9.17) is 16.7 Å². The van der Waals surface area contributed by atoms with Gasteiger partial charge in [0.1, 0.15) is 5.82 Å². The van der Waals surface area contributed by atoms with Crippen molar-refractivity contribution in [2.45, 2.75) is 26.0 Å². The molecule has 0 saturated carbocycles. The Labute approximate surface area is 139 Å². The highest BCUT2D eigenvalue weighted by Gasteiger charge is 2.11. The largest absolute Gasteiger partial charge is 0.392 e. The van der Waals surface area contributed by atoms with Gasteiger partial charge < -0.3 is 15.7 Å². The molecular formula is C17H18ClFN2O2. The van der Waals surface area contributed by atoms with Crippen LogP contribution in [0.1, 0.15) is 18.9 Å². The van der Waals surface area contributed by atoms with Gasteiger partial charge in [0.15, 0.2) is 0 Å². The van der Waals surface area contributed by atoms with Crippen molar-refractivity contribution < 1.29 is 14.3 Å². The molecule has 0 bridgehead atoms. The Kier molecular flexibility index (Phi) is 5.96. The van der Waals surface area contributed by atoms with Gasteiger partial charge in [0.25, 0.3) is 0 Å². The van der Waals surface area contributed by atoms with Gasteiger partial charge >= 0.3 is 0 Å². The van der Waals surface area contributed by atoms with Crippen LogP contribution in [0.2, 0.25) is 5.02 Å². The summed E-state index contributed by atoms with van der Waals surface area (Å²) >= 11 is 6.09. The second kappa shape index (κ2) is 7.94. The number of hydrogen-bond acceptors (Lipinski definition) is 3. The molecular weight excluding hydrogens is 319 g/mol. The maximum atomic E-state index is 13.1. The lowest BCUT2D eigenvalue weighted by Crippen LogP contribution is -2.24.